The van der Waals surface area contributed by atoms with Crippen molar-refractivity contribution in [2.45, 2.75) is 96.1 Å². The van der Waals surface area contributed by atoms with Crippen LogP contribution in [-0.2, 0) is 27.1 Å². The topological polar surface area (TPSA) is 246 Å². The fraction of sp³-hybridized carbons (Fsp3) is 0.386. The molecule has 7 N–H and O–H groups in total. The van der Waals surface area contributed by atoms with Crippen LogP contribution in [0.4, 0.5) is 29.1 Å². The van der Waals surface area contributed by atoms with Crippen LogP contribution in [0, 0.1) is 18.7 Å². The van der Waals surface area contributed by atoms with Crippen molar-refractivity contribution in [3.8, 4) is 45.4 Å². The van der Waals surface area contributed by atoms with E-state index in [1.165, 1.54) is 31.1 Å². The molecule has 6 heterocycles. The Bertz CT molecular complexity index is 3500. The number of carbonyl (C=O) groups excluding carboxylic acids is 2. The van der Waals surface area contributed by atoms with Gasteiger partial charge in [0.05, 0.1) is 36.1 Å². The highest BCUT2D eigenvalue weighted by molar-refractivity contribution is 6.31. The molecule has 0 radical (unpaired) electrons. The zero-order valence-electron chi connectivity index (χ0n) is 45.0. The summed E-state index contributed by atoms with van der Waals surface area (Å²) in [6.07, 6.45) is 2.04. The van der Waals surface area contributed by atoms with Gasteiger partial charge < -0.3 is 45.5 Å². The molecule has 3 fully saturated rings. The summed E-state index contributed by atoms with van der Waals surface area (Å²) in [5.74, 6) is -1.98. The lowest BCUT2D eigenvalue weighted by atomic mass is 9.88. The number of ether oxygens (including phenoxy) is 3. The predicted octanol–water partition coefficient (Wildman–Crippen LogP) is 6.47. The first-order chi connectivity index (χ1) is 38.9. The number of aliphatic hydroxyl groups is 1. The van der Waals surface area contributed by atoms with Crippen molar-refractivity contribution in [2.75, 3.05) is 50.6 Å². The van der Waals surface area contributed by atoms with Gasteiger partial charge in [-0.2, -0.15) is 23.1 Å². The number of fused-ring (bicyclic) bond motifs is 3. The van der Waals surface area contributed by atoms with Gasteiger partial charge in [0.1, 0.15) is 53.8 Å². The molecule has 424 valence electrons. The molecule has 0 unspecified atom stereocenters. The van der Waals surface area contributed by atoms with Crippen molar-refractivity contribution < 1.29 is 51.9 Å². The smallest absolute Gasteiger partial charge is 0.417 e. The van der Waals surface area contributed by atoms with Gasteiger partial charge in [0.25, 0.3) is 0 Å². The molecule has 3 aliphatic heterocycles. The van der Waals surface area contributed by atoms with E-state index in [-0.39, 0.29) is 93.1 Å². The van der Waals surface area contributed by atoms with Crippen molar-refractivity contribution in [2.24, 2.45) is 5.92 Å². The zero-order valence-corrected chi connectivity index (χ0v) is 45.8. The maximum Gasteiger partial charge on any atom is 0.417 e. The first-order valence-corrected chi connectivity index (χ1v) is 26.9. The van der Waals surface area contributed by atoms with Crippen LogP contribution in [-0.4, -0.2) is 127 Å². The second-order valence-corrected chi connectivity index (χ2v) is 21.3. The predicted molar refractivity (Wildman–Crippen MR) is 295 cm³/mol. The number of nitrogens with zero attached hydrogens (tertiary/aromatic N) is 9. The number of methoxy groups -OCH3 is 1. The first-order valence-electron chi connectivity index (χ1n) is 26.5. The highest BCUT2D eigenvalue weighted by atomic mass is 35.5. The molecule has 3 aromatic heterocycles. The summed E-state index contributed by atoms with van der Waals surface area (Å²) in [6, 6.07) is 13.4. The lowest BCUT2D eigenvalue weighted by Gasteiger charge is -2.30. The molecule has 0 spiro atoms. The third-order valence-corrected chi connectivity index (χ3v) is 15.6. The minimum Gasteiger partial charge on any atom is -0.486 e. The molecular weight excluding hydrogens is 1070 g/mol. The largest absolute Gasteiger partial charge is 0.486 e. The number of aliphatic hydroxyl groups excluding tert-OH is 1. The number of nitrogens with one attached hydrogen (secondary N) is 2. The zero-order chi connectivity index (χ0) is 57.4. The maximum absolute atomic E-state index is 15.8. The molecule has 7 aromatic rings. The van der Waals surface area contributed by atoms with Crippen LogP contribution in [0.25, 0.3) is 44.5 Å². The summed E-state index contributed by atoms with van der Waals surface area (Å²) in [4.78, 5) is 49.8. The second-order valence-electron chi connectivity index (χ2n) is 20.9. The van der Waals surface area contributed by atoms with Crippen molar-refractivity contribution in [1.29, 1.82) is 0 Å². The third kappa shape index (κ3) is 11.3. The SMILES string of the molecule is CO[C@@H](C)COc1nc(N2C[C@@H]3C[C@H]2CN3)c2cc(C(F)(F)F)c(-c3c(C)c(F)cc(N)c3C=[NH2+])c(OCc3ccc(-c4cn([C@H](C(=O)N5CCC[C@H]5C(=O)N[C@@H](CO)c5ccc(-c6nccnc6Cl)cc5)C(C)C)nn4)cc3)c2n1. The van der Waals surface area contributed by atoms with Crippen LogP contribution in [0.3, 0.4) is 0 Å². The minimum absolute atomic E-state index is 0.0187. The van der Waals surface area contributed by atoms with Gasteiger partial charge in [-0.05, 0) is 67.9 Å². The van der Waals surface area contributed by atoms with E-state index >= 15 is 17.6 Å². The number of piperazine rings is 1. The van der Waals surface area contributed by atoms with E-state index < -0.39 is 59.9 Å². The van der Waals surface area contributed by atoms with E-state index in [4.69, 9.17) is 46.9 Å². The van der Waals surface area contributed by atoms with Crippen molar-refractivity contribution in [1.82, 2.24) is 50.5 Å². The molecule has 3 saturated heterocycles. The lowest BCUT2D eigenvalue weighted by molar-refractivity contribution is -0.142. The van der Waals surface area contributed by atoms with E-state index in [0.29, 0.717) is 66.1 Å². The molecule has 2 amide bonds. The fourth-order valence-corrected chi connectivity index (χ4v) is 11.2. The molecule has 10 rings (SSSR count). The Kier molecular flexibility index (Phi) is 16.2. The van der Waals surface area contributed by atoms with E-state index in [2.05, 4.69) is 30.9 Å². The van der Waals surface area contributed by atoms with Crippen LogP contribution >= 0.6 is 11.6 Å². The summed E-state index contributed by atoms with van der Waals surface area (Å²) in [7, 11) is 1.51. The molecule has 0 aliphatic carbocycles. The molecule has 0 saturated carbocycles. The number of alkyl halides is 3. The second kappa shape index (κ2) is 23.3. The molecule has 19 nitrogen and oxygen atoms in total. The number of anilines is 2. The Morgan fingerprint density at radius 2 is 1.77 bits per heavy atom. The molecule has 81 heavy (non-hydrogen) atoms. The number of benzene rings is 4. The number of hydrogen-bond donors (Lipinski definition) is 5. The molecule has 6 atom stereocenters. The van der Waals surface area contributed by atoms with E-state index in [0.717, 1.165) is 24.8 Å². The molecular formula is C57H61ClF4N13O6+. The van der Waals surface area contributed by atoms with Crippen LogP contribution in [0.1, 0.15) is 79.9 Å². The van der Waals surface area contributed by atoms with Gasteiger partial charge in [0, 0.05) is 84.5 Å². The lowest BCUT2D eigenvalue weighted by Crippen LogP contribution is -2.50. The quantitative estimate of drug-likeness (QED) is 0.0331. The number of likely N-dealkylation sites (tertiary alicyclic amines) is 1. The van der Waals surface area contributed by atoms with Crippen molar-refractivity contribution >= 4 is 52.0 Å². The molecule has 24 heteroatoms. The summed E-state index contributed by atoms with van der Waals surface area (Å²) < 4.78 is 82.7. The fourth-order valence-electron chi connectivity index (χ4n) is 11.0. The number of nitrogen functional groups attached to an aromatic ring is 1. The average molecular weight is 1140 g/mol. The Hall–Kier alpha value is -7.86. The summed E-state index contributed by atoms with van der Waals surface area (Å²) >= 11 is 6.25. The minimum atomic E-state index is -5.02. The maximum atomic E-state index is 15.8. The Balaban J connectivity index is 0.931. The highest BCUT2D eigenvalue weighted by Gasteiger charge is 2.44. The number of nitrogens with two attached hydrogens (primary N) is 2. The number of hydrogen-bond acceptors (Lipinski definition) is 15. The number of rotatable bonds is 19. The van der Waals surface area contributed by atoms with Gasteiger partial charge >= 0.3 is 12.2 Å². The van der Waals surface area contributed by atoms with E-state index in [1.807, 2.05) is 18.7 Å². The van der Waals surface area contributed by atoms with Crippen LogP contribution < -0.4 is 36.2 Å². The van der Waals surface area contributed by atoms with Crippen LogP contribution in [0.2, 0.25) is 5.15 Å². The first kappa shape index (κ1) is 56.4. The standard InChI is InChI=1S/C57H60ClF4N13O6/c1-29(2)50(55(78)73-18-6-7-45(73)54(77)68-44(26-76)34-12-14-35(15-13-34)48-52(58)66-17-16-65-48)75-25-43(71-72-75)33-10-8-32(9-11-33)28-80-51-47(46-31(4)41(59)21-42(64)39(46)22-63)40(57(60,61)62)20-38-49(51)69-56(81-27-30(3)79-5)70-53(38)74-24-36-19-37(74)23-67-36/h8-17,20-22,25,29-30,36-37,44-45,50,63,67,76H,6-7,18-19,23-24,26-28,64H2,1-5H3,(H,68,77)/p+1/t30-,36-,37-,44-,45-,50-/m0/s1. The van der Waals surface area contributed by atoms with E-state index in [9.17, 15) is 14.7 Å². The van der Waals surface area contributed by atoms with Gasteiger partial charge in [-0.25, -0.2) is 14.1 Å². The summed E-state index contributed by atoms with van der Waals surface area (Å²) in [5, 5.41) is 31.9. The van der Waals surface area contributed by atoms with Gasteiger partial charge in [0.15, 0.2) is 17.1 Å². The number of halogens is 5. The Morgan fingerprint density at radius 1 is 1.02 bits per heavy atom. The summed E-state index contributed by atoms with van der Waals surface area (Å²) in [6.45, 7) is 7.59. The number of carbonyl (C=O) groups is 2. The van der Waals surface area contributed by atoms with Crippen molar-refractivity contribution in [3.05, 3.63) is 118 Å². The molecule has 2 bridgehead atoms. The van der Waals surface area contributed by atoms with Gasteiger partial charge in [-0.3, -0.25) is 20.0 Å². The van der Waals surface area contributed by atoms with Gasteiger partial charge in [-0.1, -0.05) is 79.2 Å². The van der Waals surface area contributed by atoms with Crippen LogP contribution in [0.5, 0.6) is 11.8 Å². The van der Waals surface area contributed by atoms with Crippen LogP contribution in [0.15, 0.2) is 79.3 Å². The Labute approximate surface area is 468 Å². The molecule has 4 aromatic carbocycles. The monoisotopic (exact) mass is 1130 g/mol. The highest BCUT2D eigenvalue weighted by Crippen LogP contribution is 2.51. The third-order valence-electron chi connectivity index (χ3n) is 15.3. The molecule has 3 aliphatic rings. The normalized spacial score (nSPS) is 18.1. The van der Waals surface area contributed by atoms with Crippen molar-refractivity contribution in [3.63, 3.8) is 0 Å². The van der Waals surface area contributed by atoms with E-state index in [1.54, 1.807) is 66.6 Å². The number of aromatic nitrogens is 7. The van der Waals surface area contributed by atoms with Gasteiger partial charge in [-0.15, -0.1) is 5.10 Å². The number of amides is 2. The summed E-state index contributed by atoms with van der Waals surface area (Å²) in [5.41, 5.74) is 7.37. The average Bonchev–Trinajstić information content (AvgIpc) is 4.43. The van der Waals surface area contributed by atoms with Gasteiger partial charge in [0.2, 0.25) is 11.8 Å². The Morgan fingerprint density at radius 3 is 2.42 bits per heavy atom.